The van der Waals surface area contributed by atoms with Gasteiger partial charge >= 0.3 is 17.9 Å². The van der Waals surface area contributed by atoms with Gasteiger partial charge < -0.3 is 14.6 Å². The summed E-state index contributed by atoms with van der Waals surface area (Å²) in [4.78, 5) is 22.0. The van der Waals surface area contributed by atoms with Crippen molar-refractivity contribution in [3.63, 3.8) is 0 Å². The summed E-state index contributed by atoms with van der Waals surface area (Å²) in [6.07, 6.45) is 0. The minimum absolute atomic E-state index is 0.0849. The molecule has 0 aliphatic rings. The Kier molecular flexibility index (Phi) is 4.23. The average molecular weight is 214 g/mol. The highest BCUT2D eigenvalue weighted by Crippen LogP contribution is 2.12. The predicted molar refractivity (Wildman–Crippen MR) is 52.4 cm³/mol. The van der Waals surface area contributed by atoms with Gasteiger partial charge in [-0.25, -0.2) is 9.59 Å². The molecule has 0 aromatic heterocycles. The zero-order chi connectivity index (χ0) is 12.2. The molecule has 0 fully saturated rings. The van der Waals surface area contributed by atoms with Crippen LogP contribution in [0.25, 0.3) is 0 Å². The number of ether oxygens (including phenoxy) is 2. The van der Waals surface area contributed by atoms with Crippen molar-refractivity contribution in [2.45, 2.75) is 26.7 Å². The second-order valence-corrected chi connectivity index (χ2v) is 3.24. The predicted octanol–water partition coefficient (Wildman–Crippen LogP) is 0.891. The molecule has 84 valence electrons. The van der Waals surface area contributed by atoms with Gasteiger partial charge in [0.2, 0.25) is 0 Å². The molecule has 0 atom stereocenters. The van der Waals surface area contributed by atoms with Crippen molar-refractivity contribution < 1.29 is 24.2 Å². The number of aliphatic hydroxyl groups is 1. The Morgan fingerprint density at radius 1 is 1.07 bits per heavy atom. The van der Waals surface area contributed by atoms with Crippen molar-refractivity contribution in [2.75, 3.05) is 0 Å². The van der Waals surface area contributed by atoms with E-state index in [0.29, 0.717) is 0 Å². The monoisotopic (exact) mass is 214 g/mol. The topological polar surface area (TPSA) is 72.8 Å². The first kappa shape index (κ1) is 13.4. The molecule has 0 rings (SSSR count). The van der Waals surface area contributed by atoms with Crippen molar-refractivity contribution in [2.24, 2.45) is 0 Å². The summed E-state index contributed by atoms with van der Waals surface area (Å²) in [5.41, 5.74) is 0.170. The Balaban J connectivity index is 4.43. The largest absolute Gasteiger partial charge is 0.395 e. The van der Waals surface area contributed by atoms with Crippen LogP contribution >= 0.6 is 0 Å². The number of rotatable bonds is 4. The molecule has 0 spiro atoms. The summed E-state index contributed by atoms with van der Waals surface area (Å²) in [6.45, 7) is 10.4. The van der Waals surface area contributed by atoms with Crippen LogP contribution in [0.5, 0.6) is 0 Å². The standard InChI is InChI=1S/C10H14O5/c1-6(2)8(11)14-10(5,13)15-9(12)7(3)4/h13H,1,3H2,2,4-5H3. The number of hydrogen-bond acceptors (Lipinski definition) is 5. The van der Waals surface area contributed by atoms with E-state index >= 15 is 0 Å². The van der Waals surface area contributed by atoms with E-state index in [-0.39, 0.29) is 11.1 Å². The molecule has 5 nitrogen and oxygen atoms in total. The van der Waals surface area contributed by atoms with Crippen LogP contribution in [-0.2, 0) is 19.1 Å². The van der Waals surface area contributed by atoms with Crippen LogP contribution in [0.4, 0.5) is 0 Å². The first-order valence-corrected chi connectivity index (χ1v) is 4.16. The van der Waals surface area contributed by atoms with E-state index < -0.39 is 17.9 Å². The van der Waals surface area contributed by atoms with Gasteiger partial charge in [0.05, 0.1) is 0 Å². The van der Waals surface area contributed by atoms with Crippen LogP contribution in [0.2, 0.25) is 0 Å². The molecule has 15 heavy (non-hydrogen) atoms. The summed E-state index contributed by atoms with van der Waals surface area (Å²) in [5.74, 6) is -4.02. The van der Waals surface area contributed by atoms with Gasteiger partial charge in [-0.2, -0.15) is 0 Å². The van der Waals surface area contributed by atoms with Gasteiger partial charge in [-0.3, -0.25) is 0 Å². The maximum atomic E-state index is 11.0. The third-order valence-corrected chi connectivity index (χ3v) is 1.26. The fraction of sp³-hybridized carbons (Fsp3) is 0.400. The Labute approximate surface area is 88.0 Å². The van der Waals surface area contributed by atoms with E-state index in [4.69, 9.17) is 0 Å². The molecular weight excluding hydrogens is 200 g/mol. The van der Waals surface area contributed by atoms with Gasteiger partial charge in [0, 0.05) is 18.1 Å². The Hall–Kier alpha value is -1.62. The van der Waals surface area contributed by atoms with E-state index in [1.807, 2.05) is 0 Å². The van der Waals surface area contributed by atoms with Gasteiger partial charge in [-0.1, -0.05) is 13.2 Å². The van der Waals surface area contributed by atoms with Gasteiger partial charge in [-0.05, 0) is 13.8 Å². The number of esters is 2. The normalized spacial score (nSPS) is 10.4. The third kappa shape index (κ3) is 4.97. The summed E-state index contributed by atoms with van der Waals surface area (Å²) in [7, 11) is 0. The minimum atomic E-state index is -2.31. The molecule has 0 radical (unpaired) electrons. The van der Waals surface area contributed by atoms with Crippen LogP contribution in [0, 0.1) is 0 Å². The lowest BCUT2D eigenvalue weighted by molar-refractivity contribution is -0.310. The molecule has 0 heterocycles. The molecule has 0 bridgehead atoms. The first-order valence-electron chi connectivity index (χ1n) is 4.16. The lowest BCUT2D eigenvalue weighted by Crippen LogP contribution is -2.37. The number of hydrogen-bond donors (Lipinski definition) is 1. The van der Waals surface area contributed by atoms with E-state index in [9.17, 15) is 14.7 Å². The molecule has 0 aliphatic heterocycles. The summed E-state index contributed by atoms with van der Waals surface area (Å²) >= 11 is 0. The van der Waals surface area contributed by atoms with Crippen LogP contribution in [0.1, 0.15) is 20.8 Å². The summed E-state index contributed by atoms with van der Waals surface area (Å²) < 4.78 is 8.91. The highest BCUT2D eigenvalue weighted by Gasteiger charge is 2.30. The molecule has 0 aliphatic carbocycles. The van der Waals surface area contributed by atoms with Gasteiger partial charge in [-0.15, -0.1) is 0 Å². The van der Waals surface area contributed by atoms with Gasteiger partial charge in [0.25, 0.3) is 0 Å². The third-order valence-electron chi connectivity index (χ3n) is 1.26. The Morgan fingerprint density at radius 3 is 1.53 bits per heavy atom. The van der Waals surface area contributed by atoms with Crippen LogP contribution in [0.3, 0.4) is 0 Å². The van der Waals surface area contributed by atoms with E-state index in [1.54, 1.807) is 0 Å². The second kappa shape index (κ2) is 4.75. The first-order chi connectivity index (χ1) is 6.65. The zero-order valence-electron chi connectivity index (χ0n) is 8.99. The lowest BCUT2D eigenvalue weighted by Gasteiger charge is -2.22. The van der Waals surface area contributed by atoms with Crippen molar-refractivity contribution in [1.82, 2.24) is 0 Å². The molecule has 0 saturated carbocycles. The van der Waals surface area contributed by atoms with Gasteiger partial charge in [0.15, 0.2) is 0 Å². The maximum absolute atomic E-state index is 11.0. The zero-order valence-corrected chi connectivity index (χ0v) is 8.99. The van der Waals surface area contributed by atoms with E-state index in [2.05, 4.69) is 22.6 Å². The van der Waals surface area contributed by atoms with Crippen molar-refractivity contribution in [1.29, 1.82) is 0 Å². The Bertz CT molecular complexity index is 284. The smallest absolute Gasteiger partial charge is 0.370 e. The fourth-order valence-electron chi connectivity index (χ4n) is 0.539. The minimum Gasteiger partial charge on any atom is -0.395 e. The average Bonchev–Trinajstić information content (AvgIpc) is 2.01. The molecule has 0 aromatic carbocycles. The van der Waals surface area contributed by atoms with Crippen LogP contribution in [0.15, 0.2) is 24.3 Å². The van der Waals surface area contributed by atoms with E-state index in [0.717, 1.165) is 6.92 Å². The SMILES string of the molecule is C=C(C)C(=O)OC(C)(O)OC(=O)C(=C)C. The number of carbonyl (C=O) groups excluding carboxylic acids is 2. The molecule has 0 unspecified atom stereocenters. The maximum Gasteiger partial charge on any atom is 0.370 e. The molecule has 0 amide bonds. The molecule has 0 saturated heterocycles. The number of carbonyl (C=O) groups is 2. The van der Waals surface area contributed by atoms with Crippen LogP contribution < -0.4 is 0 Å². The fourth-order valence-corrected chi connectivity index (χ4v) is 0.539. The van der Waals surface area contributed by atoms with Crippen molar-refractivity contribution >= 4 is 11.9 Å². The summed E-state index contributed by atoms with van der Waals surface area (Å²) in [5, 5.41) is 9.38. The Morgan fingerprint density at radius 2 is 1.33 bits per heavy atom. The molecular formula is C10H14O5. The molecule has 1 N–H and O–H groups in total. The lowest BCUT2D eigenvalue weighted by atomic mass is 10.3. The molecule has 0 aromatic rings. The summed E-state index contributed by atoms with van der Waals surface area (Å²) in [6, 6.07) is 0. The van der Waals surface area contributed by atoms with Crippen molar-refractivity contribution in [3.8, 4) is 0 Å². The van der Waals surface area contributed by atoms with Gasteiger partial charge in [0.1, 0.15) is 0 Å². The highest BCUT2D eigenvalue weighted by atomic mass is 16.8. The van der Waals surface area contributed by atoms with E-state index in [1.165, 1.54) is 13.8 Å². The van der Waals surface area contributed by atoms with Crippen LogP contribution in [-0.4, -0.2) is 23.0 Å². The molecule has 5 heteroatoms. The van der Waals surface area contributed by atoms with Crippen molar-refractivity contribution in [3.05, 3.63) is 24.3 Å². The quantitative estimate of drug-likeness (QED) is 0.427. The highest BCUT2D eigenvalue weighted by molar-refractivity contribution is 5.88. The second-order valence-electron chi connectivity index (χ2n) is 3.24.